The van der Waals surface area contributed by atoms with Crippen molar-refractivity contribution in [1.82, 2.24) is 4.98 Å². The lowest BCUT2D eigenvalue weighted by Crippen LogP contribution is -2.14. The molecule has 2 aromatic rings. The van der Waals surface area contributed by atoms with Crippen molar-refractivity contribution >= 4 is 40.4 Å². The van der Waals surface area contributed by atoms with Gasteiger partial charge in [0.25, 0.3) is 5.91 Å². The smallest absolute Gasteiger partial charge is 0.267 e. The van der Waals surface area contributed by atoms with E-state index in [2.05, 4.69) is 10.3 Å². The number of nitrogens with zero attached hydrogens (tertiary/aromatic N) is 1. The normalized spacial score (nSPS) is 10.3. The van der Waals surface area contributed by atoms with Gasteiger partial charge in [-0.05, 0) is 24.6 Å². The number of anilines is 1. The monoisotopic (exact) mass is 309 g/mol. The topological polar surface area (TPSA) is 85.1 Å². The van der Waals surface area contributed by atoms with Gasteiger partial charge in [0.15, 0.2) is 0 Å². The lowest BCUT2D eigenvalue weighted by atomic mass is 10.2. The van der Waals surface area contributed by atoms with Gasteiger partial charge < -0.3 is 11.1 Å². The van der Waals surface area contributed by atoms with Crippen molar-refractivity contribution in [2.45, 2.75) is 13.3 Å². The van der Waals surface area contributed by atoms with E-state index in [0.29, 0.717) is 10.6 Å². The molecule has 2 rings (SSSR count). The molecule has 0 aliphatic rings. The van der Waals surface area contributed by atoms with Gasteiger partial charge in [-0.1, -0.05) is 18.5 Å². The van der Waals surface area contributed by atoms with Crippen LogP contribution >= 0.6 is 22.9 Å². The highest BCUT2D eigenvalue weighted by Crippen LogP contribution is 2.21. The van der Waals surface area contributed by atoms with Crippen molar-refractivity contribution < 1.29 is 9.59 Å². The van der Waals surface area contributed by atoms with Gasteiger partial charge in [-0.25, -0.2) is 4.98 Å². The number of hydrogen-bond acceptors (Lipinski definition) is 4. The Balaban J connectivity index is 2.19. The fraction of sp³-hybridized carbons (Fsp3) is 0.154. The van der Waals surface area contributed by atoms with Gasteiger partial charge >= 0.3 is 0 Å². The van der Waals surface area contributed by atoms with Crippen LogP contribution in [0.15, 0.2) is 24.4 Å². The maximum absolute atomic E-state index is 12.0. The summed E-state index contributed by atoms with van der Waals surface area (Å²) in [5.41, 5.74) is 5.83. The Morgan fingerprint density at radius 2 is 2.20 bits per heavy atom. The number of amides is 2. The molecule has 0 fully saturated rings. The molecule has 1 aromatic heterocycles. The molecule has 0 spiro atoms. The number of carbonyl (C=O) groups excluding carboxylic acids is 2. The van der Waals surface area contributed by atoms with Crippen LogP contribution in [0.25, 0.3) is 0 Å². The Morgan fingerprint density at radius 1 is 1.45 bits per heavy atom. The third-order valence-electron chi connectivity index (χ3n) is 2.57. The Morgan fingerprint density at radius 3 is 2.80 bits per heavy atom. The van der Waals surface area contributed by atoms with E-state index < -0.39 is 5.91 Å². The number of benzene rings is 1. The maximum atomic E-state index is 12.0. The molecule has 20 heavy (non-hydrogen) atoms. The van der Waals surface area contributed by atoms with Crippen molar-refractivity contribution in [3.8, 4) is 0 Å². The van der Waals surface area contributed by atoms with Crippen molar-refractivity contribution in [3.05, 3.63) is 44.9 Å². The molecular weight excluding hydrogens is 298 g/mol. The first-order valence-electron chi connectivity index (χ1n) is 5.86. The average molecular weight is 310 g/mol. The van der Waals surface area contributed by atoms with Crippen LogP contribution < -0.4 is 11.1 Å². The zero-order valence-corrected chi connectivity index (χ0v) is 12.2. The molecule has 0 atom stereocenters. The summed E-state index contributed by atoms with van der Waals surface area (Å²) in [6.07, 6.45) is 2.31. The van der Waals surface area contributed by atoms with Crippen LogP contribution in [0.1, 0.15) is 32.0 Å². The molecule has 0 bridgehead atoms. The summed E-state index contributed by atoms with van der Waals surface area (Å²) < 4.78 is 0. The number of rotatable bonds is 4. The minimum atomic E-state index is -0.642. The lowest BCUT2D eigenvalue weighted by Gasteiger charge is -2.06. The number of thiazole rings is 1. The number of nitrogens with two attached hydrogens (primary N) is 1. The van der Waals surface area contributed by atoms with Crippen LogP contribution in [0.2, 0.25) is 5.02 Å². The number of hydrogen-bond donors (Lipinski definition) is 2. The van der Waals surface area contributed by atoms with Crippen LogP contribution in [-0.2, 0) is 6.42 Å². The van der Waals surface area contributed by atoms with Gasteiger partial charge in [0.05, 0.1) is 21.8 Å². The van der Waals surface area contributed by atoms with Gasteiger partial charge in [-0.15, -0.1) is 11.3 Å². The molecule has 5 nitrogen and oxygen atoms in total. The lowest BCUT2D eigenvalue weighted by molar-refractivity contribution is 0.0996. The molecule has 0 unspecified atom stereocenters. The molecule has 2 amide bonds. The van der Waals surface area contributed by atoms with Gasteiger partial charge in [0.2, 0.25) is 5.91 Å². The first kappa shape index (κ1) is 14.5. The fourth-order valence-electron chi connectivity index (χ4n) is 1.56. The second-order valence-corrected chi connectivity index (χ2v) is 5.51. The Labute approximate surface area is 124 Å². The van der Waals surface area contributed by atoms with E-state index in [1.54, 1.807) is 6.07 Å². The molecule has 104 valence electrons. The summed E-state index contributed by atoms with van der Waals surface area (Å²) >= 11 is 7.18. The largest absolute Gasteiger partial charge is 0.366 e. The van der Waals surface area contributed by atoms with E-state index in [-0.39, 0.29) is 16.5 Å². The summed E-state index contributed by atoms with van der Waals surface area (Å²) in [4.78, 5) is 27.8. The molecule has 1 heterocycles. The Bertz CT molecular complexity index is 669. The first-order chi connectivity index (χ1) is 9.51. The predicted molar refractivity (Wildman–Crippen MR) is 79.4 cm³/mol. The molecular formula is C13H12ClN3O2S. The average Bonchev–Trinajstić information content (AvgIpc) is 2.89. The highest BCUT2D eigenvalue weighted by atomic mass is 35.5. The number of halogens is 1. The molecule has 0 radical (unpaired) electrons. The minimum Gasteiger partial charge on any atom is -0.366 e. The highest BCUT2D eigenvalue weighted by molar-refractivity contribution is 7.13. The van der Waals surface area contributed by atoms with Crippen molar-refractivity contribution in [1.29, 1.82) is 0 Å². The summed E-state index contributed by atoms with van der Waals surface area (Å²) in [6, 6.07) is 4.57. The number of primary amides is 1. The zero-order chi connectivity index (χ0) is 14.7. The van der Waals surface area contributed by atoms with Crippen molar-refractivity contribution in [3.63, 3.8) is 0 Å². The van der Waals surface area contributed by atoms with Crippen LogP contribution in [0, 0.1) is 0 Å². The molecule has 0 saturated carbocycles. The van der Waals surface area contributed by atoms with E-state index in [1.807, 2.05) is 6.92 Å². The summed E-state index contributed by atoms with van der Waals surface area (Å²) in [7, 11) is 0. The maximum Gasteiger partial charge on any atom is 0.267 e. The van der Waals surface area contributed by atoms with Crippen LogP contribution in [0.4, 0.5) is 5.69 Å². The SMILES string of the molecule is CCc1ncc(C(=O)Nc2ccc(Cl)c(C(N)=O)c2)s1. The molecule has 7 heteroatoms. The quantitative estimate of drug-likeness (QED) is 0.910. The second kappa shape index (κ2) is 6.02. The van der Waals surface area contributed by atoms with Crippen LogP contribution in [-0.4, -0.2) is 16.8 Å². The second-order valence-electron chi connectivity index (χ2n) is 3.98. The van der Waals surface area contributed by atoms with E-state index in [9.17, 15) is 9.59 Å². The van der Waals surface area contributed by atoms with Gasteiger partial charge in [0.1, 0.15) is 4.88 Å². The summed E-state index contributed by atoms with van der Waals surface area (Å²) in [5.74, 6) is -0.919. The van der Waals surface area contributed by atoms with Crippen LogP contribution in [0.3, 0.4) is 0 Å². The molecule has 3 N–H and O–H groups in total. The van der Waals surface area contributed by atoms with Crippen LogP contribution in [0.5, 0.6) is 0 Å². The first-order valence-corrected chi connectivity index (χ1v) is 7.06. The predicted octanol–water partition coefficient (Wildman–Crippen LogP) is 2.71. The Kier molecular flexibility index (Phi) is 4.36. The standard InChI is InChI=1S/C13H12ClN3O2S/c1-2-11-16-6-10(20-11)13(19)17-7-3-4-9(14)8(5-7)12(15)18/h3-6H,2H2,1H3,(H2,15,18)(H,17,19). The number of aryl methyl sites for hydroxylation is 1. The number of carbonyl (C=O) groups is 2. The van der Waals surface area contributed by atoms with Gasteiger partial charge in [0, 0.05) is 5.69 Å². The molecule has 0 aliphatic heterocycles. The van der Waals surface area contributed by atoms with E-state index in [0.717, 1.165) is 11.4 Å². The molecule has 0 saturated heterocycles. The number of aromatic nitrogens is 1. The minimum absolute atomic E-state index is 0.169. The molecule has 1 aromatic carbocycles. The third-order valence-corrected chi connectivity index (χ3v) is 4.04. The summed E-state index contributed by atoms with van der Waals surface area (Å²) in [6.45, 7) is 1.97. The molecule has 0 aliphatic carbocycles. The third kappa shape index (κ3) is 3.15. The van der Waals surface area contributed by atoms with E-state index in [1.165, 1.54) is 29.7 Å². The van der Waals surface area contributed by atoms with Crippen molar-refractivity contribution in [2.24, 2.45) is 5.73 Å². The van der Waals surface area contributed by atoms with E-state index >= 15 is 0 Å². The van der Waals surface area contributed by atoms with E-state index in [4.69, 9.17) is 17.3 Å². The van der Waals surface area contributed by atoms with Crippen molar-refractivity contribution in [2.75, 3.05) is 5.32 Å². The number of nitrogens with one attached hydrogen (secondary N) is 1. The fourth-order valence-corrected chi connectivity index (χ4v) is 2.53. The zero-order valence-electron chi connectivity index (χ0n) is 10.6. The highest BCUT2D eigenvalue weighted by Gasteiger charge is 2.12. The van der Waals surface area contributed by atoms with Gasteiger partial charge in [-0.3, -0.25) is 9.59 Å². The van der Waals surface area contributed by atoms with Gasteiger partial charge in [-0.2, -0.15) is 0 Å². The summed E-state index contributed by atoms with van der Waals surface area (Å²) in [5, 5.41) is 3.83. The Hall–Kier alpha value is -1.92.